The summed E-state index contributed by atoms with van der Waals surface area (Å²) in [7, 11) is 3.52. The van der Waals surface area contributed by atoms with E-state index in [-0.39, 0.29) is 24.3 Å². The highest BCUT2D eigenvalue weighted by atomic mass is 16.5. The average Bonchev–Trinajstić information content (AvgIpc) is 2.62. The van der Waals surface area contributed by atoms with Crippen molar-refractivity contribution in [3.05, 3.63) is 30.3 Å². The molecule has 1 aliphatic heterocycles. The van der Waals surface area contributed by atoms with Crippen molar-refractivity contribution >= 4 is 17.5 Å². The molecule has 1 aliphatic rings. The van der Waals surface area contributed by atoms with Gasteiger partial charge in [-0.15, -0.1) is 0 Å². The number of nitrogens with zero attached hydrogens (tertiary/aromatic N) is 2. The second kappa shape index (κ2) is 9.27. The van der Waals surface area contributed by atoms with Gasteiger partial charge in [0, 0.05) is 46.0 Å². The number of para-hydroxylation sites is 1. The monoisotopic (exact) mass is 333 g/mol. The summed E-state index contributed by atoms with van der Waals surface area (Å²) in [5.74, 6) is -0.133. The van der Waals surface area contributed by atoms with E-state index in [2.05, 4.69) is 10.2 Å². The summed E-state index contributed by atoms with van der Waals surface area (Å²) in [6.45, 7) is 2.61. The summed E-state index contributed by atoms with van der Waals surface area (Å²) in [4.78, 5) is 28.1. The fourth-order valence-corrected chi connectivity index (χ4v) is 2.94. The van der Waals surface area contributed by atoms with Gasteiger partial charge in [0.25, 0.3) is 0 Å². The molecule has 1 fully saturated rings. The molecule has 0 bridgehead atoms. The predicted molar refractivity (Wildman–Crippen MR) is 93.9 cm³/mol. The van der Waals surface area contributed by atoms with Gasteiger partial charge >= 0.3 is 0 Å². The van der Waals surface area contributed by atoms with Crippen LogP contribution in [0.5, 0.6) is 0 Å². The van der Waals surface area contributed by atoms with Gasteiger partial charge in [0.1, 0.15) is 6.61 Å². The number of piperidine rings is 1. The summed E-state index contributed by atoms with van der Waals surface area (Å²) in [5, 5.41) is 2.99. The molecule has 0 aromatic heterocycles. The van der Waals surface area contributed by atoms with E-state index in [0.29, 0.717) is 19.6 Å². The van der Waals surface area contributed by atoms with E-state index in [0.717, 1.165) is 25.1 Å². The van der Waals surface area contributed by atoms with Crippen LogP contribution in [-0.4, -0.2) is 63.7 Å². The second-order valence-corrected chi connectivity index (χ2v) is 6.16. The number of anilines is 1. The maximum Gasteiger partial charge on any atom is 0.248 e. The van der Waals surface area contributed by atoms with Crippen LogP contribution >= 0.6 is 0 Å². The van der Waals surface area contributed by atoms with Crippen molar-refractivity contribution in [3.63, 3.8) is 0 Å². The van der Waals surface area contributed by atoms with Crippen LogP contribution in [0.25, 0.3) is 0 Å². The van der Waals surface area contributed by atoms with Crippen molar-refractivity contribution in [3.8, 4) is 0 Å². The molecule has 1 unspecified atom stereocenters. The molecule has 1 heterocycles. The largest absolute Gasteiger partial charge is 0.375 e. The first-order valence-corrected chi connectivity index (χ1v) is 8.42. The SMILES string of the molecule is COCC(=O)N1CCCC(C(=O)NCCN(C)c2ccccc2)C1. The van der Waals surface area contributed by atoms with Crippen molar-refractivity contribution in [1.29, 1.82) is 0 Å². The summed E-state index contributed by atoms with van der Waals surface area (Å²) in [5.41, 5.74) is 1.13. The molecule has 0 spiro atoms. The van der Waals surface area contributed by atoms with Crippen LogP contribution in [-0.2, 0) is 14.3 Å². The second-order valence-electron chi connectivity index (χ2n) is 6.16. The molecule has 2 amide bonds. The van der Waals surface area contributed by atoms with Gasteiger partial charge in [-0.05, 0) is 25.0 Å². The zero-order valence-corrected chi connectivity index (χ0v) is 14.5. The van der Waals surface area contributed by atoms with Crippen molar-refractivity contribution in [1.82, 2.24) is 10.2 Å². The molecule has 1 atom stereocenters. The Morgan fingerprint density at radius 1 is 1.33 bits per heavy atom. The minimum absolute atomic E-state index is 0.0337. The third kappa shape index (κ3) is 5.23. The zero-order valence-electron chi connectivity index (χ0n) is 14.5. The van der Waals surface area contributed by atoms with Crippen LogP contribution in [0.2, 0.25) is 0 Å². The number of hydrogen-bond acceptors (Lipinski definition) is 4. The van der Waals surface area contributed by atoms with E-state index in [9.17, 15) is 9.59 Å². The fourth-order valence-electron chi connectivity index (χ4n) is 2.94. The number of methoxy groups -OCH3 is 1. The maximum atomic E-state index is 12.3. The first-order chi connectivity index (χ1) is 11.6. The van der Waals surface area contributed by atoms with E-state index in [1.165, 1.54) is 7.11 Å². The van der Waals surface area contributed by atoms with Crippen LogP contribution in [0.4, 0.5) is 5.69 Å². The number of nitrogens with one attached hydrogen (secondary N) is 1. The molecule has 6 heteroatoms. The van der Waals surface area contributed by atoms with Crippen molar-refractivity contribution in [2.45, 2.75) is 12.8 Å². The molecule has 1 aromatic rings. The van der Waals surface area contributed by atoms with E-state index in [4.69, 9.17) is 4.74 Å². The Labute approximate surface area is 143 Å². The van der Waals surface area contributed by atoms with E-state index in [1.807, 2.05) is 37.4 Å². The summed E-state index contributed by atoms with van der Waals surface area (Å²) in [6.07, 6.45) is 1.69. The van der Waals surface area contributed by atoms with Crippen LogP contribution in [0.15, 0.2) is 30.3 Å². The first-order valence-electron chi connectivity index (χ1n) is 8.42. The van der Waals surface area contributed by atoms with Gasteiger partial charge in [-0.3, -0.25) is 9.59 Å². The molecule has 132 valence electrons. The molecule has 2 rings (SSSR count). The van der Waals surface area contributed by atoms with Gasteiger partial charge in [0.05, 0.1) is 5.92 Å². The third-order valence-corrected chi connectivity index (χ3v) is 4.36. The Morgan fingerprint density at radius 3 is 2.79 bits per heavy atom. The van der Waals surface area contributed by atoms with Gasteiger partial charge in [0.15, 0.2) is 0 Å². The van der Waals surface area contributed by atoms with Gasteiger partial charge in [-0.2, -0.15) is 0 Å². The van der Waals surface area contributed by atoms with Crippen LogP contribution in [0.1, 0.15) is 12.8 Å². The first kappa shape index (κ1) is 18.3. The zero-order chi connectivity index (χ0) is 17.4. The normalized spacial score (nSPS) is 17.4. The molecule has 0 saturated carbocycles. The van der Waals surface area contributed by atoms with Gasteiger partial charge < -0.3 is 19.9 Å². The maximum absolute atomic E-state index is 12.3. The predicted octanol–water partition coefficient (Wildman–Crippen LogP) is 1.12. The number of benzene rings is 1. The molecule has 0 aliphatic carbocycles. The Hall–Kier alpha value is -2.08. The topological polar surface area (TPSA) is 61.9 Å². The van der Waals surface area contributed by atoms with Gasteiger partial charge in [0.2, 0.25) is 11.8 Å². The lowest BCUT2D eigenvalue weighted by Gasteiger charge is -2.32. The number of carbonyl (C=O) groups excluding carboxylic acids is 2. The van der Waals surface area contributed by atoms with Crippen LogP contribution in [0, 0.1) is 5.92 Å². The molecule has 1 saturated heterocycles. The molecule has 6 nitrogen and oxygen atoms in total. The minimum Gasteiger partial charge on any atom is -0.375 e. The Morgan fingerprint density at radius 2 is 2.08 bits per heavy atom. The number of ether oxygens (including phenoxy) is 1. The highest BCUT2D eigenvalue weighted by Crippen LogP contribution is 2.17. The summed E-state index contributed by atoms with van der Waals surface area (Å²) < 4.78 is 4.89. The lowest BCUT2D eigenvalue weighted by molar-refractivity contribution is -0.138. The fraction of sp³-hybridized carbons (Fsp3) is 0.556. The number of carbonyl (C=O) groups is 2. The standard InChI is InChI=1S/C18H27N3O3/c1-20(16-8-4-3-5-9-16)12-10-19-18(23)15-7-6-11-21(13-15)17(22)14-24-2/h3-5,8-9,15H,6-7,10-14H2,1-2H3,(H,19,23). The Kier molecular flexibility index (Phi) is 7.06. The number of likely N-dealkylation sites (N-methyl/N-ethyl adjacent to an activating group) is 1. The molecule has 1 N–H and O–H groups in total. The van der Waals surface area contributed by atoms with Crippen molar-refractivity contribution in [2.24, 2.45) is 5.92 Å². The molecule has 1 aromatic carbocycles. The molecule has 0 radical (unpaired) electrons. The highest BCUT2D eigenvalue weighted by molar-refractivity contribution is 5.81. The number of likely N-dealkylation sites (tertiary alicyclic amines) is 1. The van der Waals surface area contributed by atoms with E-state index < -0.39 is 0 Å². The number of hydrogen-bond donors (Lipinski definition) is 1. The smallest absolute Gasteiger partial charge is 0.248 e. The van der Waals surface area contributed by atoms with Crippen molar-refractivity contribution < 1.29 is 14.3 Å². The average molecular weight is 333 g/mol. The lowest BCUT2D eigenvalue weighted by Crippen LogP contribution is -2.47. The van der Waals surface area contributed by atoms with Crippen LogP contribution < -0.4 is 10.2 Å². The third-order valence-electron chi connectivity index (χ3n) is 4.36. The molecular weight excluding hydrogens is 306 g/mol. The Bertz CT molecular complexity index is 536. The molecular formula is C18H27N3O3. The van der Waals surface area contributed by atoms with Gasteiger partial charge in [-0.1, -0.05) is 18.2 Å². The number of amides is 2. The quantitative estimate of drug-likeness (QED) is 0.812. The van der Waals surface area contributed by atoms with Gasteiger partial charge in [-0.25, -0.2) is 0 Å². The van der Waals surface area contributed by atoms with E-state index in [1.54, 1.807) is 4.90 Å². The van der Waals surface area contributed by atoms with Crippen molar-refractivity contribution in [2.75, 3.05) is 51.8 Å². The van der Waals surface area contributed by atoms with E-state index >= 15 is 0 Å². The highest BCUT2D eigenvalue weighted by Gasteiger charge is 2.28. The number of rotatable bonds is 7. The van der Waals surface area contributed by atoms with Crippen LogP contribution in [0.3, 0.4) is 0 Å². The lowest BCUT2D eigenvalue weighted by atomic mass is 9.97. The molecule has 24 heavy (non-hydrogen) atoms. The minimum atomic E-state index is -0.124. The summed E-state index contributed by atoms with van der Waals surface area (Å²) >= 11 is 0. The summed E-state index contributed by atoms with van der Waals surface area (Å²) in [6, 6.07) is 10.1. The Balaban J connectivity index is 1.75.